The lowest BCUT2D eigenvalue weighted by atomic mass is 10.0. The summed E-state index contributed by atoms with van der Waals surface area (Å²) in [6.45, 7) is 6.55. The van der Waals surface area contributed by atoms with Gasteiger partial charge in [0.1, 0.15) is 11.4 Å². The van der Waals surface area contributed by atoms with Crippen LogP contribution in [0.3, 0.4) is 0 Å². The van der Waals surface area contributed by atoms with Crippen molar-refractivity contribution in [3.8, 4) is 33.8 Å². The van der Waals surface area contributed by atoms with E-state index < -0.39 is 0 Å². The smallest absolute Gasteiger partial charge is 0.254 e. The summed E-state index contributed by atoms with van der Waals surface area (Å²) >= 11 is 0. The van der Waals surface area contributed by atoms with E-state index in [2.05, 4.69) is 109 Å². The molecule has 0 saturated heterocycles. The Hall–Kier alpha value is -3.85. The van der Waals surface area contributed by atoms with Crippen molar-refractivity contribution in [1.29, 1.82) is 0 Å². The summed E-state index contributed by atoms with van der Waals surface area (Å²) in [7, 11) is 1.69. The quantitative estimate of drug-likeness (QED) is 0.305. The highest BCUT2D eigenvalue weighted by Gasteiger charge is 2.23. The fourth-order valence-electron chi connectivity index (χ4n) is 4.68. The minimum absolute atomic E-state index is 0.871. The van der Waals surface area contributed by atoms with Gasteiger partial charge < -0.3 is 4.74 Å². The zero-order valence-electron chi connectivity index (χ0n) is 19.0. The lowest BCUT2D eigenvalue weighted by Crippen LogP contribution is -2.33. The second-order valence-corrected chi connectivity index (χ2v) is 8.38. The molecule has 0 aliphatic heterocycles. The largest absolute Gasteiger partial charge is 0.497 e. The third-order valence-electron chi connectivity index (χ3n) is 6.07. The van der Waals surface area contributed by atoms with E-state index >= 15 is 0 Å². The molecular weight excluding hydrogens is 392 g/mol. The summed E-state index contributed by atoms with van der Waals surface area (Å²) < 4.78 is 9.83. The number of pyridine rings is 1. The molecule has 5 aromatic rings. The number of aromatic nitrogens is 2. The second-order valence-electron chi connectivity index (χ2n) is 8.38. The van der Waals surface area contributed by atoms with Crippen LogP contribution in [-0.2, 0) is 0 Å². The van der Waals surface area contributed by atoms with Gasteiger partial charge in [-0.1, -0.05) is 48.0 Å². The molecule has 0 bridgehead atoms. The Labute approximate surface area is 189 Å². The van der Waals surface area contributed by atoms with E-state index in [1.165, 1.54) is 50.3 Å². The molecule has 0 aliphatic rings. The maximum absolute atomic E-state index is 5.29. The van der Waals surface area contributed by atoms with E-state index in [9.17, 15) is 0 Å². The van der Waals surface area contributed by atoms with Crippen molar-refractivity contribution < 1.29 is 9.30 Å². The van der Waals surface area contributed by atoms with Crippen LogP contribution < -0.4 is 9.30 Å². The van der Waals surface area contributed by atoms with Gasteiger partial charge in [-0.25, -0.2) is 4.40 Å². The predicted octanol–water partition coefficient (Wildman–Crippen LogP) is 6.48. The summed E-state index contributed by atoms with van der Waals surface area (Å²) in [4.78, 5) is 0. The van der Waals surface area contributed by atoms with Crippen LogP contribution in [0.2, 0.25) is 0 Å². The third kappa shape index (κ3) is 3.46. The van der Waals surface area contributed by atoms with Crippen LogP contribution in [0.15, 0.2) is 91.4 Å². The molecule has 3 nitrogen and oxygen atoms in total. The Morgan fingerprint density at radius 3 is 1.94 bits per heavy atom. The number of aryl methyl sites for hydroxylation is 3. The van der Waals surface area contributed by atoms with Gasteiger partial charge in [-0.2, -0.15) is 4.57 Å². The maximum atomic E-state index is 5.29. The van der Waals surface area contributed by atoms with Gasteiger partial charge in [0.15, 0.2) is 11.2 Å². The summed E-state index contributed by atoms with van der Waals surface area (Å²) in [6.07, 6.45) is 4.30. The van der Waals surface area contributed by atoms with Gasteiger partial charge in [-0.05, 0) is 79.4 Å². The molecule has 32 heavy (non-hydrogen) atoms. The fourth-order valence-corrected chi connectivity index (χ4v) is 4.68. The number of fused-ring (bicyclic) bond motifs is 1. The predicted molar refractivity (Wildman–Crippen MR) is 131 cm³/mol. The number of imidazole rings is 1. The van der Waals surface area contributed by atoms with Crippen LogP contribution in [-0.4, -0.2) is 11.5 Å². The molecular formula is C29H27N2O+. The Bertz CT molecular complexity index is 1390. The standard InChI is InChI=1S/C29H27N2O/c1-20-17-21(2)28(22(3)18-20)31-19-30-16-6-5-7-27(30)29(31)25-10-8-23(9-11-25)24-12-14-26(32-4)15-13-24/h5-19H,1-4H3/q+1. The van der Waals surface area contributed by atoms with Gasteiger partial charge >= 0.3 is 0 Å². The number of ether oxygens (including phenoxy) is 1. The molecule has 0 unspecified atom stereocenters. The highest BCUT2D eigenvalue weighted by Crippen LogP contribution is 2.29. The summed E-state index contributed by atoms with van der Waals surface area (Å²) in [6, 6.07) is 27.9. The molecule has 2 aromatic heterocycles. The van der Waals surface area contributed by atoms with Crippen molar-refractivity contribution in [1.82, 2.24) is 4.40 Å². The minimum Gasteiger partial charge on any atom is -0.497 e. The first-order chi connectivity index (χ1) is 15.5. The summed E-state index contributed by atoms with van der Waals surface area (Å²) in [5.41, 5.74) is 11.0. The Morgan fingerprint density at radius 2 is 1.31 bits per heavy atom. The lowest BCUT2D eigenvalue weighted by Gasteiger charge is -2.10. The van der Waals surface area contributed by atoms with Gasteiger partial charge in [0.25, 0.3) is 6.33 Å². The van der Waals surface area contributed by atoms with E-state index in [1.807, 2.05) is 12.1 Å². The molecule has 0 spiro atoms. The molecule has 3 heteroatoms. The highest BCUT2D eigenvalue weighted by molar-refractivity contribution is 5.77. The zero-order valence-corrected chi connectivity index (χ0v) is 19.0. The molecule has 0 fully saturated rings. The van der Waals surface area contributed by atoms with E-state index in [-0.39, 0.29) is 0 Å². The normalized spacial score (nSPS) is 11.1. The number of hydrogen-bond acceptors (Lipinski definition) is 1. The molecule has 3 aromatic carbocycles. The molecule has 0 N–H and O–H groups in total. The van der Waals surface area contributed by atoms with Crippen molar-refractivity contribution in [2.75, 3.05) is 7.11 Å². The average molecular weight is 420 g/mol. The van der Waals surface area contributed by atoms with Gasteiger partial charge in [0, 0.05) is 5.56 Å². The fraction of sp³-hybridized carbons (Fsp3) is 0.138. The average Bonchev–Trinajstić information content (AvgIpc) is 3.17. The minimum atomic E-state index is 0.871. The Morgan fingerprint density at radius 1 is 0.719 bits per heavy atom. The number of methoxy groups -OCH3 is 1. The van der Waals surface area contributed by atoms with Crippen molar-refractivity contribution in [2.24, 2.45) is 0 Å². The van der Waals surface area contributed by atoms with Gasteiger partial charge in [0.2, 0.25) is 0 Å². The second kappa shape index (κ2) is 8.01. The molecule has 0 aliphatic carbocycles. The molecule has 2 heterocycles. The van der Waals surface area contributed by atoms with Crippen molar-refractivity contribution in [2.45, 2.75) is 20.8 Å². The van der Waals surface area contributed by atoms with Gasteiger partial charge in [-0.3, -0.25) is 0 Å². The van der Waals surface area contributed by atoms with Crippen LogP contribution in [0.25, 0.3) is 33.6 Å². The Kier molecular flexibility index (Phi) is 5.02. The van der Waals surface area contributed by atoms with Crippen LogP contribution in [0.4, 0.5) is 0 Å². The van der Waals surface area contributed by atoms with Crippen molar-refractivity contribution in [3.63, 3.8) is 0 Å². The van der Waals surface area contributed by atoms with E-state index in [4.69, 9.17) is 4.74 Å². The van der Waals surface area contributed by atoms with Crippen LogP contribution in [0, 0.1) is 20.8 Å². The molecule has 0 saturated carbocycles. The first kappa shape index (κ1) is 20.1. The number of benzene rings is 3. The topological polar surface area (TPSA) is 17.5 Å². The maximum Gasteiger partial charge on any atom is 0.254 e. The number of rotatable bonds is 4. The van der Waals surface area contributed by atoms with Crippen LogP contribution >= 0.6 is 0 Å². The van der Waals surface area contributed by atoms with Crippen LogP contribution in [0.5, 0.6) is 5.75 Å². The van der Waals surface area contributed by atoms with Crippen LogP contribution in [0.1, 0.15) is 16.7 Å². The highest BCUT2D eigenvalue weighted by atomic mass is 16.5. The summed E-state index contributed by atoms with van der Waals surface area (Å²) in [5.74, 6) is 0.871. The number of hydrogen-bond donors (Lipinski definition) is 0. The van der Waals surface area contributed by atoms with E-state index in [0.717, 1.165) is 5.75 Å². The SMILES string of the molecule is COc1ccc(-c2ccc(-c3c4ccccn4c[n+]3-c3c(C)cc(C)cc3C)cc2)cc1. The van der Waals surface area contributed by atoms with E-state index in [1.54, 1.807) is 7.11 Å². The molecule has 0 amide bonds. The lowest BCUT2D eigenvalue weighted by molar-refractivity contribution is -0.583. The molecule has 5 rings (SSSR count). The van der Waals surface area contributed by atoms with Crippen molar-refractivity contribution in [3.05, 3.63) is 108 Å². The summed E-state index contributed by atoms with van der Waals surface area (Å²) in [5, 5.41) is 0. The number of nitrogens with zero attached hydrogens (tertiary/aromatic N) is 2. The zero-order chi connectivity index (χ0) is 22.2. The third-order valence-corrected chi connectivity index (χ3v) is 6.07. The van der Waals surface area contributed by atoms with Gasteiger partial charge in [0.05, 0.1) is 13.3 Å². The molecule has 0 radical (unpaired) electrons. The molecule has 0 atom stereocenters. The first-order valence-corrected chi connectivity index (χ1v) is 10.9. The monoisotopic (exact) mass is 419 g/mol. The Balaban J connectivity index is 1.66. The van der Waals surface area contributed by atoms with E-state index in [0.29, 0.717) is 0 Å². The molecule has 158 valence electrons. The van der Waals surface area contributed by atoms with Gasteiger partial charge in [-0.15, -0.1) is 0 Å². The first-order valence-electron chi connectivity index (χ1n) is 10.9. The van der Waals surface area contributed by atoms with Crippen molar-refractivity contribution >= 4 is 5.52 Å².